The fraction of sp³-hybridized carbons (Fsp3) is 1.00. The first-order valence-corrected chi connectivity index (χ1v) is 5.92. The van der Waals surface area contributed by atoms with Crippen LogP contribution in [0.2, 0.25) is 0 Å². The smallest absolute Gasteiger partial charge is 0.0572 e. The molecule has 14 heavy (non-hydrogen) atoms. The summed E-state index contributed by atoms with van der Waals surface area (Å²) >= 11 is 0. The third-order valence-corrected chi connectivity index (χ3v) is 3.82. The minimum Gasteiger partial charge on any atom is -0.381 e. The van der Waals surface area contributed by atoms with Crippen molar-refractivity contribution < 1.29 is 4.74 Å². The summed E-state index contributed by atoms with van der Waals surface area (Å²) in [5.41, 5.74) is 0. The first kappa shape index (κ1) is 12.0. The van der Waals surface area contributed by atoms with E-state index in [9.17, 15) is 0 Å². The van der Waals surface area contributed by atoms with Crippen LogP contribution < -0.4 is 0 Å². The topological polar surface area (TPSA) is 12.5 Å². The SMILES string of the molecule is CCC(CC1CCCN(C)C1C)OC. The summed E-state index contributed by atoms with van der Waals surface area (Å²) < 4.78 is 5.47. The lowest BCUT2D eigenvalue weighted by Gasteiger charge is -2.38. The predicted molar refractivity (Wildman–Crippen MR) is 60.5 cm³/mol. The molecule has 2 nitrogen and oxygen atoms in total. The zero-order valence-corrected chi connectivity index (χ0v) is 10.1. The molecule has 1 rings (SSSR count). The lowest BCUT2D eigenvalue weighted by molar-refractivity contribution is 0.0431. The summed E-state index contributed by atoms with van der Waals surface area (Å²) in [5.74, 6) is 0.832. The lowest BCUT2D eigenvalue weighted by atomic mass is 9.85. The summed E-state index contributed by atoms with van der Waals surface area (Å²) in [6.07, 6.45) is 5.58. The van der Waals surface area contributed by atoms with Crippen LogP contribution in [0.5, 0.6) is 0 Å². The molecule has 0 amide bonds. The molecule has 1 aliphatic rings. The first-order valence-electron chi connectivity index (χ1n) is 5.92. The Morgan fingerprint density at radius 3 is 2.79 bits per heavy atom. The van der Waals surface area contributed by atoms with Gasteiger partial charge in [-0.3, -0.25) is 0 Å². The standard InChI is InChI=1S/C12H25NO/c1-5-12(14-4)9-11-7-6-8-13(3)10(11)2/h10-12H,5-9H2,1-4H3. The summed E-state index contributed by atoms with van der Waals surface area (Å²) in [4.78, 5) is 2.48. The van der Waals surface area contributed by atoms with Gasteiger partial charge in [-0.2, -0.15) is 0 Å². The number of likely N-dealkylation sites (tertiary alicyclic amines) is 1. The molecule has 1 aliphatic heterocycles. The second-order valence-electron chi connectivity index (χ2n) is 4.63. The number of hydrogen-bond acceptors (Lipinski definition) is 2. The molecule has 0 bridgehead atoms. The van der Waals surface area contributed by atoms with Gasteiger partial charge in [0.2, 0.25) is 0 Å². The van der Waals surface area contributed by atoms with Crippen LogP contribution in [-0.2, 0) is 4.74 Å². The molecule has 0 aromatic rings. The van der Waals surface area contributed by atoms with E-state index in [0.29, 0.717) is 6.10 Å². The maximum atomic E-state index is 5.47. The van der Waals surface area contributed by atoms with Crippen LogP contribution in [0.1, 0.15) is 39.5 Å². The summed E-state index contributed by atoms with van der Waals surface area (Å²) in [6.45, 7) is 5.83. The number of ether oxygens (including phenoxy) is 1. The van der Waals surface area contributed by atoms with Gasteiger partial charge in [-0.05, 0) is 52.1 Å². The summed E-state index contributed by atoms with van der Waals surface area (Å²) in [5, 5.41) is 0. The molecule has 0 aliphatic carbocycles. The second kappa shape index (κ2) is 5.72. The minimum absolute atomic E-state index is 0.467. The van der Waals surface area contributed by atoms with Crippen LogP contribution >= 0.6 is 0 Å². The normalized spacial score (nSPS) is 31.7. The molecule has 0 radical (unpaired) electrons. The predicted octanol–water partition coefficient (Wildman–Crippen LogP) is 2.53. The van der Waals surface area contributed by atoms with E-state index in [1.807, 2.05) is 7.11 Å². The average molecular weight is 199 g/mol. The number of nitrogens with zero attached hydrogens (tertiary/aromatic N) is 1. The van der Waals surface area contributed by atoms with Gasteiger partial charge < -0.3 is 9.64 Å². The van der Waals surface area contributed by atoms with Crippen molar-refractivity contribution in [3.8, 4) is 0 Å². The largest absolute Gasteiger partial charge is 0.381 e. The highest BCUT2D eigenvalue weighted by atomic mass is 16.5. The van der Waals surface area contributed by atoms with E-state index in [4.69, 9.17) is 4.74 Å². The molecule has 2 heteroatoms. The average Bonchev–Trinajstić information content (AvgIpc) is 2.20. The monoisotopic (exact) mass is 199 g/mol. The van der Waals surface area contributed by atoms with Gasteiger partial charge >= 0.3 is 0 Å². The quantitative estimate of drug-likeness (QED) is 0.690. The van der Waals surface area contributed by atoms with E-state index in [1.165, 1.54) is 25.8 Å². The van der Waals surface area contributed by atoms with Crippen molar-refractivity contribution in [1.82, 2.24) is 4.90 Å². The van der Waals surface area contributed by atoms with Gasteiger partial charge in [-0.15, -0.1) is 0 Å². The van der Waals surface area contributed by atoms with E-state index < -0.39 is 0 Å². The number of piperidine rings is 1. The Morgan fingerprint density at radius 2 is 2.21 bits per heavy atom. The zero-order valence-electron chi connectivity index (χ0n) is 10.1. The van der Waals surface area contributed by atoms with Crippen molar-refractivity contribution >= 4 is 0 Å². The molecular formula is C12H25NO. The molecule has 3 unspecified atom stereocenters. The third-order valence-electron chi connectivity index (χ3n) is 3.82. The fourth-order valence-corrected chi connectivity index (χ4v) is 2.49. The zero-order chi connectivity index (χ0) is 10.6. The molecule has 0 N–H and O–H groups in total. The summed E-state index contributed by atoms with van der Waals surface area (Å²) in [7, 11) is 4.08. The van der Waals surface area contributed by atoms with Crippen LogP contribution in [0.4, 0.5) is 0 Å². The minimum atomic E-state index is 0.467. The van der Waals surface area contributed by atoms with Gasteiger partial charge in [0.05, 0.1) is 6.10 Å². The molecule has 0 aromatic heterocycles. The van der Waals surface area contributed by atoms with Crippen molar-refractivity contribution in [2.75, 3.05) is 20.7 Å². The summed E-state index contributed by atoms with van der Waals surface area (Å²) in [6, 6.07) is 0.730. The van der Waals surface area contributed by atoms with Gasteiger partial charge in [0.15, 0.2) is 0 Å². The van der Waals surface area contributed by atoms with Crippen LogP contribution in [0, 0.1) is 5.92 Å². The highest BCUT2D eigenvalue weighted by molar-refractivity contribution is 4.80. The van der Waals surface area contributed by atoms with Crippen molar-refractivity contribution in [3.05, 3.63) is 0 Å². The molecule has 1 fully saturated rings. The maximum absolute atomic E-state index is 5.47. The van der Waals surface area contributed by atoms with Crippen LogP contribution in [-0.4, -0.2) is 37.7 Å². The molecule has 1 saturated heterocycles. The highest BCUT2D eigenvalue weighted by Gasteiger charge is 2.27. The Bertz CT molecular complexity index is 156. The first-order chi connectivity index (χ1) is 6.69. The number of hydrogen-bond donors (Lipinski definition) is 0. The van der Waals surface area contributed by atoms with E-state index in [2.05, 4.69) is 25.8 Å². The molecule has 3 atom stereocenters. The number of methoxy groups -OCH3 is 1. The molecular weight excluding hydrogens is 174 g/mol. The van der Waals surface area contributed by atoms with Crippen molar-refractivity contribution in [3.63, 3.8) is 0 Å². The molecule has 0 spiro atoms. The lowest BCUT2D eigenvalue weighted by Crippen LogP contribution is -2.41. The number of rotatable bonds is 4. The van der Waals surface area contributed by atoms with E-state index in [1.54, 1.807) is 0 Å². The Morgan fingerprint density at radius 1 is 1.50 bits per heavy atom. The van der Waals surface area contributed by atoms with Crippen molar-refractivity contribution in [2.24, 2.45) is 5.92 Å². The Labute approximate surface area is 88.6 Å². The third kappa shape index (κ3) is 2.96. The van der Waals surface area contributed by atoms with Gasteiger partial charge in [-0.25, -0.2) is 0 Å². The Kier molecular flexibility index (Phi) is 4.90. The van der Waals surface area contributed by atoms with E-state index >= 15 is 0 Å². The van der Waals surface area contributed by atoms with Crippen molar-refractivity contribution in [1.29, 1.82) is 0 Å². The Hall–Kier alpha value is -0.0800. The molecule has 84 valence electrons. The van der Waals surface area contributed by atoms with E-state index in [-0.39, 0.29) is 0 Å². The van der Waals surface area contributed by atoms with Gasteiger partial charge in [0.1, 0.15) is 0 Å². The highest BCUT2D eigenvalue weighted by Crippen LogP contribution is 2.27. The van der Waals surface area contributed by atoms with Gasteiger partial charge in [0.25, 0.3) is 0 Å². The Balaban J connectivity index is 2.41. The van der Waals surface area contributed by atoms with Crippen LogP contribution in [0.25, 0.3) is 0 Å². The van der Waals surface area contributed by atoms with Gasteiger partial charge in [0, 0.05) is 13.2 Å². The molecule has 1 heterocycles. The molecule has 0 aromatic carbocycles. The molecule has 0 saturated carbocycles. The van der Waals surface area contributed by atoms with Crippen LogP contribution in [0.15, 0.2) is 0 Å². The maximum Gasteiger partial charge on any atom is 0.0572 e. The van der Waals surface area contributed by atoms with E-state index in [0.717, 1.165) is 18.4 Å². The fourth-order valence-electron chi connectivity index (χ4n) is 2.49. The van der Waals surface area contributed by atoms with Crippen molar-refractivity contribution in [2.45, 2.75) is 51.7 Å². The van der Waals surface area contributed by atoms with Gasteiger partial charge in [-0.1, -0.05) is 6.92 Å². The second-order valence-corrected chi connectivity index (χ2v) is 4.63. The van der Waals surface area contributed by atoms with Crippen LogP contribution in [0.3, 0.4) is 0 Å².